The van der Waals surface area contributed by atoms with E-state index in [0.29, 0.717) is 18.1 Å². The maximum atomic E-state index is 11.9. The van der Waals surface area contributed by atoms with E-state index in [4.69, 9.17) is 5.73 Å². The Morgan fingerprint density at radius 3 is 2.21 bits per heavy atom. The summed E-state index contributed by atoms with van der Waals surface area (Å²) in [4.78, 5) is 15.6. The molecule has 4 heteroatoms. The summed E-state index contributed by atoms with van der Waals surface area (Å²) < 4.78 is 0. The van der Waals surface area contributed by atoms with Crippen molar-refractivity contribution in [2.75, 3.05) is 14.1 Å². The van der Waals surface area contributed by atoms with Gasteiger partial charge in [-0.15, -0.1) is 0 Å². The third-order valence-corrected chi connectivity index (χ3v) is 3.37. The summed E-state index contributed by atoms with van der Waals surface area (Å²) >= 11 is 0. The summed E-state index contributed by atoms with van der Waals surface area (Å²) in [5.74, 6) is 0. The molecule has 2 amide bonds. The molecule has 2 aliphatic heterocycles. The molecule has 2 fully saturated rings. The Morgan fingerprint density at radius 1 is 1.29 bits per heavy atom. The van der Waals surface area contributed by atoms with Crippen LogP contribution in [0.4, 0.5) is 4.79 Å². The van der Waals surface area contributed by atoms with Crippen molar-refractivity contribution in [1.82, 2.24) is 9.80 Å². The lowest BCUT2D eigenvalue weighted by Gasteiger charge is -2.39. The number of fused-ring (bicyclic) bond motifs is 2. The topological polar surface area (TPSA) is 49.6 Å². The first-order valence-electron chi connectivity index (χ1n) is 5.34. The van der Waals surface area contributed by atoms with Crippen LogP contribution in [0.2, 0.25) is 0 Å². The summed E-state index contributed by atoms with van der Waals surface area (Å²) in [7, 11) is 3.63. The Kier molecular flexibility index (Phi) is 2.39. The van der Waals surface area contributed by atoms with E-state index < -0.39 is 0 Å². The highest BCUT2D eigenvalue weighted by molar-refractivity contribution is 5.75. The molecule has 3 atom stereocenters. The van der Waals surface area contributed by atoms with E-state index in [9.17, 15) is 4.79 Å². The molecule has 0 aromatic rings. The molecule has 2 aliphatic rings. The van der Waals surface area contributed by atoms with Crippen LogP contribution in [0.5, 0.6) is 0 Å². The largest absolute Gasteiger partial charge is 0.331 e. The second kappa shape index (κ2) is 3.42. The lowest BCUT2D eigenvalue weighted by Crippen LogP contribution is -2.53. The zero-order valence-corrected chi connectivity index (χ0v) is 8.94. The van der Waals surface area contributed by atoms with Crippen LogP contribution in [0.15, 0.2) is 0 Å². The Bertz CT molecular complexity index is 228. The number of carbonyl (C=O) groups excluding carboxylic acids is 1. The van der Waals surface area contributed by atoms with Crippen molar-refractivity contribution in [2.45, 2.75) is 43.8 Å². The molecule has 0 aromatic heterocycles. The van der Waals surface area contributed by atoms with E-state index in [1.165, 1.54) is 0 Å². The fourth-order valence-electron chi connectivity index (χ4n) is 2.76. The van der Waals surface area contributed by atoms with Gasteiger partial charge in [0.1, 0.15) is 0 Å². The summed E-state index contributed by atoms with van der Waals surface area (Å²) in [6, 6.07) is 1.26. The fourth-order valence-corrected chi connectivity index (χ4v) is 2.76. The van der Waals surface area contributed by atoms with Crippen LogP contribution in [-0.4, -0.2) is 48.1 Å². The van der Waals surface area contributed by atoms with Crippen molar-refractivity contribution in [1.29, 1.82) is 0 Å². The predicted molar refractivity (Wildman–Crippen MR) is 54.9 cm³/mol. The molecular formula is C10H19N3O. The molecule has 2 rings (SSSR count). The second-order valence-electron chi connectivity index (χ2n) is 4.70. The van der Waals surface area contributed by atoms with Crippen molar-refractivity contribution in [3.05, 3.63) is 0 Å². The molecule has 2 saturated heterocycles. The number of urea groups is 1. The summed E-state index contributed by atoms with van der Waals surface area (Å²) in [5, 5.41) is 0. The molecule has 0 aliphatic carbocycles. The highest BCUT2D eigenvalue weighted by atomic mass is 16.2. The highest BCUT2D eigenvalue weighted by Gasteiger charge is 2.42. The van der Waals surface area contributed by atoms with Gasteiger partial charge in [0.2, 0.25) is 0 Å². The molecule has 0 aromatic carbocycles. The Morgan fingerprint density at radius 2 is 1.79 bits per heavy atom. The third kappa shape index (κ3) is 1.47. The predicted octanol–water partition coefficient (Wildman–Crippen LogP) is 0.622. The first-order chi connectivity index (χ1) is 6.59. The quantitative estimate of drug-likeness (QED) is 0.619. The van der Waals surface area contributed by atoms with Gasteiger partial charge in [0.05, 0.1) is 0 Å². The molecule has 2 N–H and O–H groups in total. The van der Waals surface area contributed by atoms with Gasteiger partial charge in [-0.1, -0.05) is 0 Å². The Balaban J connectivity index is 2.11. The molecule has 0 saturated carbocycles. The summed E-state index contributed by atoms with van der Waals surface area (Å²) in [6.45, 7) is 0. The van der Waals surface area contributed by atoms with E-state index in [1.807, 2.05) is 19.0 Å². The molecule has 0 radical (unpaired) electrons. The monoisotopic (exact) mass is 197 g/mol. The Labute approximate surface area is 85.0 Å². The van der Waals surface area contributed by atoms with Gasteiger partial charge in [0.15, 0.2) is 0 Å². The lowest BCUT2D eigenvalue weighted by atomic mass is 9.99. The van der Waals surface area contributed by atoms with Gasteiger partial charge in [0, 0.05) is 32.2 Å². The molecular weight excluding hydrogens is 178 g/mol. The number of amides is 2. The van der Waals surface area contributed by atoms with Gasteiger partial charge in [-0.2, -0.15) is 0 Å². The minimum Gasteiger partial charge on any atom is -0.331 e. The molecule has 1 unspecified atom stereocenters. The summed E-state index contributed by atoms with van der Waals surface area (Å²) in [6.07, 6.45) is 4.24. The van der Waals surface area contributed by atoms with Crippen molar-refractivity contribution in [3.63, 3.8) is 0 Å². The lowest BCUT2D eigenvalue weighted by molar-refractivity contribution is 0.118. The smallest absolute Gasteiger partial charge is 0.319 e. The number of piperidine rings is 1. The van der Waals surface area contributed by atoms with Crippen LogP contribution in [0.3, 0.4) is 0 Å². The van der Waals surface area contributed by atoms with Crippen molar-refractivity contribution >= 4 is 6.03 Å². The fraction of sp³-hybridized carbons (Fsp3) is 0.900. The number of rotatable bonds is 0. The molecule has 2 heterocycles. The van der Waals surface area contributed by atoms with E-state index in [2.05, 4.69) is 0 Å². The van der Waals surface area contributed by atoms with E-state index in [-0.39, 0.29) is 6.03 Å². The van der Waals surface area contributed by atoms with Crippen LogP contribution < -0.4 is 5.73 Å². The normalized spacial score (nSPS) is 35.9. The SMILES string of the molecule is CN(C)C(=O)N1[C@@H]2CC[C@H]1CC(N)C2. The van der Waals surface area contributed by atoms with Gasteiger partial charge >= 0.3 is 6.03 Å². The zero-order valence-electron chi connectivity index (χ0n) is 8.94. The summed E-state index contributed by atoms with van der Waals surface area (Å²) in [5.41, 5.74) is 5.94. The second-order valence-corrected chi connectivity index (χ2v) is 4.70. The molecule has 14 heavy (non-hydrogen) atoms. The first-order valence-corrected chi connectivity index (χ1v) is 5.34. The number of hydrogen-bond donors (Lipinski definition) is 1. The molecule has 80 valence electrons. The average Bonchev–Trinajstić information content (AvgIpc) is 2.37. The van der Waals surface area contributed by atoms with Crippen LogP contribution in [0.25, 0.3) is 0 Å². The van der Waals surface area contributed by atoms with Crippen molar-refractivity contribution in [3.8, 4) is 0 Å². The van der Waals surface area contributed by atoms with Crippen LogP contribution in [-0.2, 0) is 0 Å². The maximum Gasteiger partial charge on any atom is 0.319 e. The van der Waals surface area contributed by atoms with Gasteiger partial charge in [0.25, 0.3) is 0 Å². The number of hydrogen-bond acceptors (Lipinski definition) is 2. The zero-order chi connectivity index (χ0) is 10.3. The first kappa shape index (κ1) is 9.77. The minimum absolute atomic E-state index is 0.157. The maximum absolute atomic E-state index is 11.9. The van der Waals surface area contributed by atoms with Gasteiger partial charge < -0.3 is 15.5 Å². The van der Waals surface area contributed by atoms with Gasteiger partial charge in [-0.05, 0) is 25.7 Å². The third-order valence-electron chi connectivity index (χ3n) is 3.37. The average molecular weight is 197 g/mol. The highest BCUT2D eigenvalue weighted by Crippen LogP contribution is 2.35. The number of nitrogens with zero attached hydrogens (tertiary/aromatic N) is 2. The van der Waals surface area contributed by atoms with Gasteiger partial charge in [-0.3, -0.25) is 0 Å². The van der Waals surface area contributed by atoms with E-state index >= 15 is 0 Å². The molecule has 0 spiro atoms. The Hall–Kier alpha value is -0.770. The van der Waals surface area contributed by atoms with Crippen LogP contribution in [0, 0.1) is 0 Å². The molecule has 4 nitrogen and oxygen atoms in total. The van der Waals surface area contributed by atoms with Crippen LogP contribution >= 0.6 is 0 Å². The number of carbonyl (C=O) groups is 1. The van der Waals surface area contributed by atoms with Crippen LogP contribution in [0.1, 0.15) is 25.7 Å². The van der Waals surface area contributed by atoms with Crippen molar-refractivity contribution < 1.29 is 4.79 Å². The standard InChI is InChI=1S/C10H19N3O/c1-12(2)10(14)13-8-3-4-9(13)6-7(11)5-8/h7-9H,3-6,11H2,1-2H3/t7?,8-,9+. The molecule has 2 bridgehead atoms. The van der Waals surface area contributed by atoms with E-state index in [1.54, 1.807) is 4.90 Å². The minimum atomic E-state index is 0.157. The van der Waals surface area contributed by atoms with Gasteiger partial charge in [-0.25, -0.2) is 4.79 Å². The number of nitrogens with two attached hydrogens (primary N) is 1. The van der Waals surface area contributed by atoms with Crippen molar-refractivity contribution in [2.24, 2.45) is 5.73 Å². The van der Waals surface area contributed by atoms with E-state index in [0.717, 1.165) is 25.7 Å².